The van der Waals surface area contributed by atoms with Crippen LogP contribution in [0.5, 0.6) is 11.6 Å². The van der Waals surface area contributed by atoms with Gasteiger partial charge in [-0.05, 0) is 22.9 Å². The Kier molecular flexibility index (Phi) is 2.43. The van der Waals surface area contributed by atoms with Crippen molar-refractivity contribution in [3.8, 4) is 11.6 Å². The highest BCUT2D eigenvalue weighted by molar-refractivity contribution is 5.83. The fourth-order valence-electron chi connectivity index (χ4n) is 1.69. The third-order valence-corrected chi connectivity index (χ3v) is 2.48. The normalized spacial score (nSPS) is 10.4. The molecule has 3 aromatic rings. The van der Waals surface area contributed by atoms with Gasteiger partial charge >= 0.3 is 0 Å². The van der Waals surface area contributed by atoms with Crippen LogP contribution in [0.15, 0.2) is 61.1 Å². The Labute approximate surface area is 98.7 Å². The first-order valence-corrected chi connectivity index (χ1v) is 5.34. The van der Waals surface area contributed by atoms with E-state index in [0.29, 0.717) is 5.88 Å². The van der Waals surface area contributed by atoms with E-state index in [9.17, 15) is 0 Å². The Morgan fingerprint density at radius 3 is 2.59 bits per heavy atom. The number of hydrogen-bond acceptors (Lipinski definition) is 3. The van der Waals surface area contributed by atoms with Gasteiger partial charge in [0.1, 0.15) is 5.75 Å². The number of rotatable bonds is 2. The molecule has 82 valence electrons. The molecular weight excluding hydrogens is 212 g/mol. The summed E-state index contributed by atoms with van der Waals surface area (Å²) in [6.45, 7) is 0. The Morgan fingerprint density at radius 1 is 0.882 bits per heavy atom. The first-order valence-electron chi connectivity index (χ1n) is 5.34. The Hall–Kier alpha value is -2.42. The van der Waals surface area contributed by atoms with Gasteiger partial charge in [-0.2, -0.15) is 0 Å². The monoisotopic (exact) mass is 222 g/mol. The van der Waals surface area contributed by atoms with E-state index in [4.69, 9.17) is 4.74 Å². The van der Waals surface area contributed by atoms with Crippen LogP contribution in [-0.2, 0) is 0 Å². The number of aromatic nitrogens is 2. The molecule has 0 N–H and O–H groups in total. The predicted octanol–water partition coefficient (Wildman–Crippen LogP) is 3.42. The smallest absolute Gasteiger partial charge is 0.237 e. The Morgan fingerprint density at radius 2 is 1.76 bits per heavy atom. The van der Waals surface area contributed by atoms with E-state index in [0.717, 1.165) is 11.1 Å². The molecule has 0 unspecified atom stereocenters. The molecular formula is C14H10N2O. The van der Waals surface area contributed by atoms with Crippen LogP contribution in [0, 0.1) is 0 Å². The molecule has 0 saturated heterocycles. The Balaban J connectivity index is 1.96. The van der Waals surface area contributed by atoms with Gasteiger partial charge in [-0.3, -0.25) is 4.98 Å². The van der Waals surface area contributed by atoms with Gasteiger partial charge in [0.05, 0.1) is 6.20 Å². The first kappa shape index (κ1) is 9.78. The molecule has 3 nitrogen and oxygen atoms in total. The van der Waals surface area contributed by atoms with Crippen molar-refractivity contribution >= 4 is 10.8 Å². The van der Waals surface area contributed by atoms with E-state index >= 15 is 0 Å². The molecule has 0 saturated carbocycles. The lowest BCUT2D eigenvalue weighted by Crippen LogP contribution is -1.87. The first-order chi connectivity index (χ1) is 8.42. The van der Waals surface area contributed by atoms with Gasteiger partial charge in [-0.25, -0.2) is 4.98 Å². The van der Waals surface area contributed by atoms with Crippen molar-refractivity contribution in [2.24, 2.45) is 0 Å². The van der Waals surface area contributed by atoms with Gasteiger partial charge < -0.3 is 4.74 Å². The van der Waals surface area contributed by atoms with Crippen LogP contribution < -0.4 is 4.74 Å². The Bertz CT molecular complexity index is 638. The highest BCUT2D eigenvalue weighted by Crippen LogP contribution is 2.23. The molecule has 1 aromatic heterocycles. The number of nitrogens with zero attached hydrogens (tertiary/aromatic N) is 2. The zero-order chi connectivity index (χ0) is 11.5. The summed E-state index contributed by atoms with van der Waals surface area (Å²) in [5.74, 6) is 1.27. The molecule has 0 aliphatic rings. The summed E-state index contributed by atoms with van der Waals surface area (Å²) >= 11 is 0. The predicted molar refractivity (Wildman–Crippen MR) is 66.1 cm³/mol. The van der Waals surface area contributed by atoms with Crippen molar-refractivity contribution in [1.82, 2.24) is 9.97 Å². The SMILES string of the molecule is c1ccc2cc(Oc3cnccn3)ccc2c1. The van der Waals surface area contributed by atoms with Crippen molar-refractivity contribution in [2.45, 2.75) is 0 Å². The van der Waals surface area contributed by atoms with Gasteiger partial charge in [-0.1, -0.05) is 30.3 Å². The summed E-state index contributed by atoms with van der Waals surface area (Å²) in [5, 5.41) is 2.34. The van der Waals surface area contributed by atoms with E-state index in [-0.39, 0.29) is 0 Å². The minimum absolute atomic E-state index is 0.503. The second-order valence-corrected chi connectivity index (χ2v) is 3.65. The van der Waals surface area contributed by atoms with Gasteiger partial charge in [0.2, 0.25) is 5.88 Å². The van der Waals surface area contributed by atoms with Crippen LogP contribution in [0.1, 0.15) is 0 Å². The van der Waals surface area contributed by atoms with Crippen LogP contribution in [0.25, 0.3) is 10.8 Å². The fraction of sp³-hybridized carbons (Fsp3) is 0. The maximum Gasteiger partial charge on any atom is 0.237 e. The molecule has 0 atom stereocenters. The van der Waals surface area contributed by atoms with Crippen LogP contribution >= 0.6 is 0 Å². The summed E-state index contributed by atoms with van der Waals surface area (Å²) in [6.07, 6.45) is 4.82. The quantitative estimate of drug-likeness (QED) is 0.666. The zero-order valence-electron chi connectivity index (χ0n) is 9.08. The molecule has 0 aliphatic heterocycles. The van der Waals surface area contributed by atoms with Crippen LogP contribution in [-0.4, -0.2) is 9.97 Å². The van der Waals surface area contributed by atoms with Crippen molar-refractivity contribution in [1.29, 1.82) is 0 Å². The third-order valence-electron chi connectivity index (χ3n) is 2.48. The molecule has 3 heteroatoms. The minimum atomic E-state index is 0.503. The summed E-state index contributed by atoms with van der Waals surface area (Å²) < 4.78 is 5.61. The summed E-state index contributed by atoms with van der Waals surface area (Å²) in [4.78, 5) is 8.03. The van der Waals surface area contributed by atoms with E-state index in [1.807, 2.05) is 30.3 Å². The molecule has 1 heterocycles. The topological polar surface area (TPSA) is 35.0 Å². The summed E-state index contributed by atoms with van der Waals surface area (Å²) in [5.41, 5.74) is 0. The molecule has 2 aromatic carbocycles. The number of benzene rings is 2. The molecule has 0 fully saturated rings. The lowest BCUT2D eigenvalue weighted by Gasteiger charge is -2.05. The number of fused-ring (bicyclic) bond motifs is 1. The maximum atomic E-state index is 5.61. The van der Waals surface area contributed by atoms with Gasteiger partial charge in [-0.15, -0.1) is 0 Å². The molecule has 0 aliphatic carbocycles. The van der Waals surface area contributed by atoms with Crippen LogP contribution in [0.3, 0.4) is 0 Å². The average Bonchev–Trinajstić information content (AvgIpc) is 2.40. The molecule has 0 radical (unpaired) electrons. The van der Waals surface area contributed by atoms with Crippen molar-refractivity contribution in [2.75, 3.05) is 0 Å². The molecule has 0 bridgehead atoms. The standard InChI is InChI=1S/C14H10N2O/c1-2-4-12-9-13(6-5-11(12)3-1)17-14-10-15-7-8-16-14/h1-10H. The second-order valence-electron chi connectivity index (χ2n) is 3.65. The summed E-state index contributed by atoms with van der Waals surface area (Å²) in [7, 11) is 0. The van der Waals surface area contributed by atoms with Crippen LogP contribution in [0.4, 0.5) is 0 Å². The minimum Gasteiger partial charge on any atom is -0.437 e. The number of ether oxygens (including phenoxy) is 1. The molecule has 0 amide bonds. The van der Waals surface area contributed by atoms with E-state index in [2.05, 4.69) is 22.1 Å². The highest BCUT2D eigenvalue weighted by Gasteiger charge is 1.99. The maximum absolute atomic E-state index is 5.61. The van der Waals surface area contributed by atoms with Crippen LogP contribution in [0.2, 0.25) is 0 Å². The lowest BCUT2D eigenvalue weighted by molar-refractivity contribution is 0.461. The van der Waals surface area contributed by atoms with E-state index < -0.39 is 0 Å². The fourth-order valence-corrected chi connectivity index (χ4v) is 1.69. The zero-order valence-corrected chi connectivity index (χ0v) is 9.08. The van der Waals surface area contributed by atoms with Gasteiger partial charge in [0.25, 0.3) is 0 Å². The molecule has 17 heavy (non-hydrogen) atoms. The molecule has 0 spiro atoms. The van der Waals surface area contributed by atoms with Crippen molar-refractivity contribution in [3.05, 3.63) is 61.1 Å². The lowest BCUT2D eigenvalue weighted by atomic mass is 10.1. The number of hydrogen-bond donors (Lipinski definition) is 0. The van der Waals surface area contributed by atoms with E-state index in [1.54, 1.807) is 18.6 Å². The average molecular weight is 222 g/mol. The second kappa shape index (κ2) is 4.22. The summed E-state index contributed by atoms with van der Waals surface area (Å²) in [6, 6.07) is 14.1. The largest absolute Gasteiger partial charge is 0.437 e. The van der Waals surface area contributed by atoms with Gasteiger partial charge in [0, 0.05) is 12.4 Å². The van der Waals surface area contributed by atoms with Crippen molar-refractivity contribution < 1.29 is 4.74 Å². The molecule has 3 rings (SSSR count). The highest BCUT2D eigenvalue weighted by atomic mass is 16.5. The third kappa shape index (κ3) is 2.08. The van der Waals surface area contributed by atoms with E-state index in [1.165, 1.54) is 5.39 Å². The van der Waals surface area contributed by atoms with Crippen molar-refractivity contribution in [3.63, 3.8) is 0 Å². The van der Waals surface area contributed by atoms with Gasteiger partial charge in [0.15, 0.2) is 0 Å².